The van der Waals surface area contributed by atoms with Crippen LogP contribution in [-0.4, -0.2) is 24.1 Å². The van der Waals surface area contributed by atoms with Crippen LogP contribution in [0.5, 0.6) is 0 Å². The number of hydrogen-bond acceptors (Lipinski definition) is 4. The first-order valence-electron chi connectivity index (χ1n) is 9.35. The fourth-order valence-corrected chi connectivity index (χ4v) is 4.30. The van der Waals surface area contributed by atoms with Crippen molar-refractivity contribution in [1.29, 1.82) is 0 Å². The van der Waals surface area contributed by atoms with E-state index in [4.69, 9.17) is 0 Å². The van der Waals surface area contributed by atoms with Gasteiger partial charge in [0.15, 0.2) is 0 Å². The van der Waals surface area contributed by atoms with Crippen LogP contribution in [0.15, 0.2) is 82.8 Å². The molecule has 6 heteroatoms. The lowest BCUT2D eigenvalue weighted by Crippen LogP contribution is -2.36. The highest BCUT2D eigenvalue weighted by Gasteiger charge is 2.22. The number of anilines is 2. The van der Waals surface area contributed by atoms with E-state index in [-0.39, 0.29) is 6.03 Å². The molecule has 0 unspecified atom stereocenters. The third-order valence-electron chi connectivity index (χ3n) is 4.58. The summed E-state index contributed by atoms with van der Waals surface area (Å²) in [6.07, 6.45) is 4.30. The van der Waals surface area contributed by atoms with Crippen molar-refractivity contribution in [3.8, 4) is 0 Å². The molecular formula is C22H22N4OS. The number of nitrogens with zero attached hydrogens (tertiary/aromatic N) is 2. The van der Waals surface area contributed by atoms with Crippen molar-refractivity contribution >= 4 is 29.2 Å². The topological polar surface area (TPSA) is 57.3 Å². The molecule has 2 aromatic carbocycles. The molecule has 2 amide bonds. The number of amides is 2. The lowest BCUT2D eigenvalue weighted by Gasteiger charge is -2.32. The molecule has 0 fully saturated rings. The molecular weight excluding hydrogens is 368 g/mol. The quantitative estimate of drug-likeness (QED) is 0.605. The molecule has 1 aliphatic heterocycles. The number of carbonyl (C=O) groups excluding carboxylic acids is 1. The Kier molecular flexibility index (Phi) is 5.77. The van der Waals surface area contributed by atoms with Crippen molar-refractivity contribution in [3.05, 3.63) is 78.6 Å². The molecule has 28 heavy (non-hydrogen) atoms. The van der Waals surface area contributed by atoms with Gasteiger partial charge in [0.2, 0.25) is 0 Å². The zero-order valence-corrected chi connectivity index (χ0v) is 16.3. The summed E-state index contributed by atoms with van der Waals surface area (Å²) in [6, 6.07) is 20.6. The predicted molar refractivity (Wildman–Crippen MR) is 113 cm³/mol. The van der Waals surface area contributed by atoms with Crippen LogP contribution in [0.4, 0.5) is 16.2 Å². The lowest BCUT2D eigenvalue weighted by molar-refractivity contribution is 0.240. The smallest absolute Gasteiger partial charge is 0.315 e. The Balaban J connectivity index is 1.31. The SMILES string of the molecule is O=C(NCCCN1c2ccccc2Sc2ccccc21)NCc1ccncc1. The van der Waals surface area contributed by atoms with Crippen LogP contribution in [0, 0.1) is 0 Å². The number of benzene rings is 2. The Hall–Kier alpha value is -2.99. The third kappa shape index (κ3) is 4.28. The molecule has 1 aromatic heterocycles. The van der Waals surface area contributed by atoms with E-state index in [1.54, 1.807) is 12.4 Å². The Morgan fingerprint density at radius 3 is 2.21 bits per heavy atom. The highest BCUT2D eigenvalue weighted by molar-refractivity contribution is 7.99. The molecule has 2 N–H and O–H groups in total. The number of pyridine rings is 1. The van der Waals surface area contributed by atoms with Crippen LogP contribution < -0.4 is 15.5 Å². The van der Waals surface area contributed by atoms with Crippen LogP contribution in [0.1, 0.15) is 12.0 Å². The maximum Gasteiger partial charge on any atom is 0.315 e. The van der Waals surface area contributed by atoms with Gasteiger partial charge in [0.25, 0.3) is 0 Å². The molecule has 0 aliphatic carbocycles. The summed E-state index contributed by atoms with van der Waals surface area (Å²) < 4.78 is 0. The van der Waals surface area contributed by atoms with Crippen molar-refractivity contribution < 1.29 is 4.79 Å². The van der Waals surface area contributed by atoms with Crippen molar-refractivity contribution in [1.82, 2.24) is 15.6 Å². The fourth-order valence-electron chi connectivity index (χ4n) is 3.21. The lowest BCUT2D eigenvalue weighted by atomic mass is 10.2. The first kappa shape index (κ1) is 18.4. The first-order valence-corrected chi connectivity index (χ1v) is 10.2. The first-order chi connectivity index (χ1) is 13.8. The Morgan fingerprint density at radius 1 is 0.893 bits per heavy atom. The van der Waals surface area contributed by atoms with E-state index in [0.29, 0.717) is 13.1 Å². The largest absolute Gasteiger partial charge is 0.340 e. The van der Waals surface area contributed by atoms with Gasteiger partial charge in [-0.1, -0.05) is 36.0 Å². The highest BCUT2D eigenvalue weighted by Crippen LogP contribution is 2.47. The van der Waals surface area contributed by atoms with Crippen molar-refractivity contribution in [2.75, 3.05) is 18.0 Å². The fraction of sp³-hybridized carbons (Fsp3) is 0.182. The molecule has 5 nitrogen and oxygen atoms in total. The summed E-state index contributed by atoms with van der Waals surface area (Å²) in [5.74, 6) is 0. The maximum absolute atomic E-state index is 12.0. The summed E-state index contributed by atoms with van der Waals surface area (Å²) in [6.45, 7) is 1.97. The normalized spacial score (nSPS) is 12.1. The summed E-state index contributed by atoms with van der Waals surface area (Å²) in [7, 11) is 0. The zero-order chi connectivity index (χ0) is 19.2. The van der Waals surface area contributed by atoms with Crippen molar-refractivity contribution in [3.63, 3.8) is 0 Å². The van der Waals surface area contributed by atoms with E-state index in [2.05, 4.69) is 69.0 Å². The van der Waals surface area contributed by atoms with Crippen LogP contribution in [0.25, 0.3) is 0 Å². The number of para-hydroxylation sites is 2. The van der Waals surface area contributed by atoms with E-state index in [1.165, 1.54) is 21.2 Å². The number of urea groups is 1. The van der Waals surface area contributed by atoms with Crippen LogP contribution >= 0.6 is 11.8 Å². The standard InChI is InChI=1S/C22H22N4OS/c27-22(25-16-17-10-13-23-14-11-17)24-12-5-15-26-18-6-1-3-8-20(18)28-21-9-4-2-7-19(21)26/h1-4,6-11,13-14H,5,12,15-16H2,(H2,24,25,27). The van der Waals surface area contributed by atoms with Gasteiger partial charge >= 0.3 is 6.03 Å². The molecule has 0 bridgehead atoms. The minimum Gasteiger partial charge on any atom is -0.340 e. The van der Waals surface area contributed by atoms with E-state index in [1.807, 2.05) is 23.9 Å². The van der Waals surface area contributed by atoms with Gasteiger partial charge in [-0.05, 0) is 48.4 Å². The number of rotatable bonds is 6. The summed E-state index contributed by atoms with van der Waals surface area (Å²) in [5.41, 5.74) is 3.49. The van der Waals surface area contributed by atoms with E-state index >= 15 is 0 Å². The second-order valence-electron chi connectivity index (χ2n) is 6.51. The van der Waals surface area contributed by atoms with Gasteiger partial charge < -0.3 is 15.5 Å². The molecule has 4 rings (SSSR count). The van der Waals surface area contributed by atoms with E-state index in [9.17, 15) is 4.79 Å². The van der Waals surface area contributed by atoms with Crippen LogP contribution in [0.2, 0.25) is 0 Å². The van der Waals surface area contributed by atoms with Gasteiger partial charge in [0.1, 0.15) is 0 Å². The minimum absolute atomic E-state index is 0.146. The highest BCUT2D eigenvalue weighted by atomic mass is 32.2. The monoisotopic (exact) mass is 390 g/mol. The van der Waals surface area contributed by atoms with Gasteiger partial charge in [-0.25, -0.2) is 4.79 Å². The molecule has 142 valence electrons. The summed E-state index contributed by atoms with van der Waals surface area (Å²) >= 11 is 1.81. The van der Waals surface area contributed by atoms with Gasteiger partial charge in [0, 0.05) is 41.8 Å². The van der Waals surface area contributed by atoms with Gasteiger partial charge in [-0.2, -0.15) is 0 Å². The summed E-state index contributed by atoms with van der Waals surface area (Å²) in [4.78, 5) is 20.9. The average molecular weight is 391 g/mol. The third-order valence-corrected chi connectivity index (χ3v) is 5.71. The molecule has 0 atom stereocenters. The number of nitrogens with one attached hydrogen (secondary N) is 2. The second-order valence-corrected chi connectivity index (χ2v) is 7.59. The number of aromatic nitrogens is 1. The molecule has 0 spiro atoms. The van der Waals surface area contributed by atoms with Gasteiger partial charge in [-0.15, -0.1) is 0 Å². The number of fused-ring (bicyclic) bond motifs is 2. The van der Waals surface area contributed by atoms with Crippen molar-refractivity contribution in [2.45, 2.75) is 22.8 Å². The minimum atomic E-state index is -0.146. The Morgan fingerprint density at radius 2 is 1.54 bits per heavy atom. The number of carbonyl (C=O) groups is 1. The molecule has 3 aromatic rings. The van der Waals surface area contributed by atoms with E-state index < -0.39 is 0 Å². The summed E-state index contributed by atoms with van der Waals surface area (Å²) in [5, 5.41) is 5.82. The molecule has 0 saturated heterocycles. The van der Waals surface area contributed by atoms with Gasteiger partial charge in [0.05, 0.1) is 11.4 Å². The Bertz CT molecular complexity index is 903. The Labute approximate surface area is 169 Å². The number of hydrogen-bond donors (Lipinski definition) is 2. The second kappa shape index (κ2) is 8.80. The average Bonchev–Trinajstić information content (AvgIpc) is 2.75. The molecule has 1 aliphatic rings. The molecule has 2 heterocycles. The van der Waals surface area contributed by atoms with Crippen LogP contribution in [0.3, 0.4) is 0 Å². The maximum atomic E-state index is 12.0. The zero-order valence-electron chi connectivity index (χ0n) is 15.5. The van der Waals surface area contributed by atoms with E-state index in [0.717, 1.165) is 18.5 Å². The predicted octanol–water partition coefficient (Wildman–Crippen LogP) is 4.57. The molecule has 0 saturated carbocycles. The molecule has 0 radical (unpaired) electrons. The van der Waals surface area contributed by atoms with Crippen LogP contribution in [-0.2, 0) is 6.54 Å². The van der Waals surface area contributed by atoms with Crippen molar-refractivity contribution in [2.24, 2.45) is 0 Å². The van der Waals surface area contributed by atoms with Gasteiger partial charge in [-0.3, -0.25) is 4.98 Å².